The van der Waals surface area contributed by atoms with E-state index in [9.17, 15) is 5.11 Å². The van der Waals surface area contributed by atoms with Crippen molar-refractivity contribution in [3.63, 3.8) is 0 Å². The Hall–Kier alpha value is -2.05. The summed E-state index contributed by atoms with van der Waals surface area (Å²) in [5.74, 6) is 0. The van der Waals surface area contributed by atoms with E-state index in [1.54, 1.807) is 12.1 Å². The maximum atomic E-state index is 10.1. The quantitative estimate of drug-likeness (QED) is 0.802. The normalized spacial score (nSPS) is 12.1. The maximum Gasteiger partial charge on any atom is 0.119 e. The molecular weight excluding hydrogens is 200 g/mol. The van der Waals surface area contributed by atoms with Gasteiger partial charge in [-0.2, -0.15) is 5.26 Å². The molecule has 80 valence electrons. The van der Waals surface area contributed by atoms with Gasteiger partial charge in [0.2, 0.25) is 0 Å². The van der Waals surface area contributed by atoms with Crippen LogP contribution in [0, 0.1) is 18.3 Å². The number of hydrogen-bond acceptors (Lipinski definition) is 2. The number of hydrogen-bond donors (Lipinski definition) is 2. The molecule has 1 unspecified atom stereocenters. The third-order valence-electron chi connectivity index (χ3n) is 2.52. The topological polar surface area (TPSA) is 59.8 Å². The van der Waals surface area contributed by atoms with Crippen molar-refractivity contribution in [2.24, 2.45) is 0 Å². The number of H-pyrrole nitrogens is 1. The second-order valence-corrected chi connectivity index (χ2v) is 3.75. The van der Waals surface area contributed by atoms with Gasteiger partial charge < -0.3 is 10.1 Å². The minimum Gasteiger partial charge on any atom is -0.382 e. The molecule has 0 bridgehead atoms. The molecule has 2 N–H and O–H groups in total. The molecule has 0 aliphatic carbocycles. The fourth-order valence-electron chi connectivity index (χ4n) is 1.56. The third kappa shape index (κ3) is 1.97. The van der Waals surface area contributed by atoms with E-state index in [1.165, 1.54) is 0 Å². The predicted octanol–water partition coefficient (Wildman–Crippen LogP) is 2.28. The highest BCUT2D eigenvalue weighted by molar-refractivity contribution is 5.32. The van der Waals surface area contributed by atoms with Crippen molar-refractivity contribution >= 4 is 0 Å². The zero-order valence-corrected chi connectivity index (χ0v) is 8.94. The second kappa shape index (κ2) is 4.21. The lowest BCUT2D eigenvalue weighted by Gasteiger charge is -2.09. The fourth-order valence-corrected chi connectivity index (χ4v) is 1.56. The third-order valence-corrected chi connectivity index (χ3v) is 2.52. The minimum absolute atomic E-state index is 0.459. The van der Waals surface area contributed by atoms with Crippen LogP contribution in [0.15, 0.2) is 36.4 Å². The fraction of sp³-hybridized carbons (Fsp3) is 0.154. The molecule has 0 aliphatic heterocycles. The maximum absolute atomic E-state index is 10.1. The Morgan fingerprint density at radius 1 is 1.19 bits per heavy atom. The van der Waals surface area contributed by atoms with Crippen LogP contribution in [0.5, 0.6) is 0 Å². The van der Waals surface area contributed by atoms with Crippen LogP contribution in [0.4, 0.5) is 0 Å². The summed E-state index contributed by atoms with van der Waals surface area (Å²) < 4.78 is 0. The molecule has 0 spiro atoms. The lowest BCUT2D eigenvalue weighted by molar-refractivity contribution is 0.216. The summed E-state index contributed by atoms with van der Waals surface area (Å²) in [5.41, 5.74) is 3.07. The Kier molecular flexibility index (Phi) is 2.76. The van der Waals surface area contributed by atoms with Gasteiger partial charge in [0.15, 0.2) is 0 Å². The van der Waals surface area contributed by atoms with E-state index in [1.807, 2.05) is 37.3 Å². The molecule has 0 aliphatic rings. The monoisotopic (exact) mass is 212 g/mol. The molecule has 1 atom stereocenters. The number of nitriles is 1. The smallest absolute Gasteiger partial charge is 0.119 e. The standard InChI is InChI=1S/C13H12N2O/c1-9-2-4-10(5-3-9)13(16)12-7-6-11(8-14)15-12/h2-7,13,15-16H,1H3. The molecule has 3 heteroatoms. The second-order valence-electron chi connectivity index (χ2n) is 3.75. The number of benzene rings is 1. The van der Waals surface area contributed by atoms with Crippen molar-refractivity contribution in [1.82, 2.24) is 4.98 Å². The van der Waals surface area contributed by atoms with Gasteiger partial charge in [0.25, 0.3) is 0 Å². The van der Waals surface area contributed by atoms with Crippen LogP contribution in [0.3, 0.4) is 0 Å². The molecule has 0 radical (unpaired) electrons. The lowest BCUT2D eigenvalue weighted by Crippen LogP contribution is -1.99. The summed E-state index contributed by atoms with van der Waals surface area (Å²) in [6.45, 7) is 2.00. The first kappa shape index (κ1) is 10.5. The van der Waals surface area contributed by atoms with Gasteiger partial charge >= 0.3 is 0 Å². The number of aromatic amines is 1. The molecule has 0 fully saturated rings. The summed E-state index contributed by atoms with van der Waals surface area (Å²) in [6.07, 6.45) is -0.706. The zero-order chi connectivity index (χ0) is 11.5. The molecule has 0 saturated heterocycles. The van der Waals surface area contributed by atoms with Crippen LogP contribution in [-0.4, -0.2) is 10.1 Å². The number of aryl methyl sites for hydroxylation is 1. The molecule has 2 rings (SSSR count). The Bertz CT molecular complexity index is 520. The SMILES string of the molecule is Cc1ccc(C(O)c2ccc(C#N)[nH]2)cc1. The van der Waals surface area contributed by atoms with Crippen LogP contribution in [0.25, 0.3) is 0 Å². The van der Waals surface area contributed by atoms with Crippen molar-refractivity contribution in [3.8, 4) is 6.07 Å². The molecule has 1 aromatic heterocycles. The van der Waals surface area contributed by atoms with Gasteiger partial charge in [-0.05, 0) is 24.6 Å². The first-order valence-electron chi connectivity index (χ1n) is 5.04. The van der Waals surface area contributed by atoms with E-state index in [4.69, 9.17) is 5.26 Å². The van der Waals surface area contributed by atoms with Crippen LogP contribution >= 0.6 is 0 Å². The van der Waals surface area contributed by atoms with Gasteiger partial charge in [-0.15, -0.1) is 0 Å². The molecular formula is C13H12N2O. The summed E-state index contributed by atoms with van der Waals surface area (Å²) in [5, 5.41) is 18.7. The van der Waals surface area contributed by atoms with Crippen molar-refractivity contribution in [3.05, 3.63) is 58.9 Å². The number of aromatic nitrogens is 1. The Morgan fingerprint density at radius 2 is 1.88 bits per heavy atom. The number of nitrogens with zero attached hydrogens (tertiary/aromatic N) is 1. The van der Waals surface area contributed by atoms with E-state index in [0.29, 0.717) is 11.4 Å². The zero-order valence-electron chi connectivity index (χ0n) is 8.94. The van der Waals surface area contributed by atoms with Crippen LogP contribution < -0.4 is 0 Å². The molecule has 0 saturated carbocycles. The molecule has 1 heterocycles. The van der Waals surface area contributed by atoms with Crippen molar-refractivity contribution in [2.45, 2.75) is 13.0 Å². The summed E-state index contributed by atoms with van der Waals surface area (Å²) in [7, 11) is 0. The highest BCUT2D eigenvalue weighted by Crippen LogP contribution is 2.21. The number of aliphatic hydroxyl groups excluding tert-OH is 1. The average Bonchev–Trinajstić information content (AvgIpc) is 2.77. The predicted molar refractivity (Wildman–Crippen MR) is 60.7 cm³/mol. The van der Waals surface area contributed by atoms with E-state index < -0.39 is 6.10 Å². The Labute approximate surface area is 94.0 Å². The lowest BCUT2D eigenvalue weighted by atomic mass is 10.1. The first-order valence-corrected chi connectivity index (χ1v) is 5.04. The molecule has 2 aromatic rings. The highest BCUT2D eigenvalue weighted by Gasteiger charge is 2.11. The summed E-state index contributed by atoms with van der Waals surface area (Å²) in [6, 6.07) is 13.0. The molecule has 16 heavy (non-hydrogen) atoms. The van der Waals surface area contributed by atoms with Crippen LogP contribution in [0.2, 0.25) is 0 Å². The molecule has 0 amide bonds. The van der Waals surface area contributed by atoms with E-state index in [0.717, 1.165) is 11.1 Å². The van der Waals surface area contributed by atoms with Gasteiger partial charge in [-0.25, -0.2) is 0 Å². The van der Waals surface area contributed by atoms with Gasteiger partial charge in [0, 0.05) is 5.69 Å². The summed E-state index contributed by atoms with van der Waals surface area (Å²) >= 11 is 0. The van der Waals surface area contributed by atoms with Crippen molar-refractivity contribution < 1.29 is 5.11 Å². The van der Waals surface area contributed by atoms with E-state index in [2.05, 4.69) is 4.98 Å². The summed E-state index contributed by atoms with van der Waals surface area (Å²) in [4.78, 5) is 2.86. The minimum atomic E-state index is -0.706. The van der Waals surface area contributed by atoms with Crippen molar-refractivity contribution in [1.29, 1.82) is 5.26 Å². The van der Waals surface area contributed by atoms with Gasteiger partial charge in [0.05, 0.1) is 0 Å². The van der Waals surface area contributed by atoms with E-state index >= 15 is 0 Å². The molecule has 1 aromatic carbocycles. The number of rotatable bonds is 2. The Balaban J connectivity index is 2.28. The van der Waals surface area contributed by atoms with Crippen LogP contribution in [0.1, 0.15) is 28.6 Å². The number of aliphatic hydroxyl groups is 1. The molecule has 3 nitrogen and oxygen atoms in total. The first-order chi connectivity index (χ1) is 7.70. The van der Waals surface area contributed by atoms with Gasteiger partial charge in [-0.1, -0.05) is 29.8 Å². The average molecular weight is 212 g/mol. The van der Waals surface area contributed by atoms with Crippen LogP contribution in [-0.2, 0) is 0 Å². The highest BCUT2D eigenvalue weighted by atomic mass is 16.3. The van der Waals surface area contributed by atoms with Crippen molar-refractivity contribution in [2.75, 3.05) is 0 Å². The van der Waals surface area contributed by atoms with Gasteiger partial charge in [-0.3, -0.25) is 0 Å². The largest absolute Gasteiger partial charge is 0.382 e. The van der Waals surface area contributed by atoms with E-state index in [-0.39, 0.29) is 0 Å². The number of nitrogens with one attached hydrogen (secondary N) is 1. The van der Waals surface area contributed by atoms with Gasteiger partial charge in [0.1, 0.15) is 17.9 Å². The Morgan fingerprint density at radius 3 is 2.44 bits per heavy atom.